The maximum absolute atomic E-state index is 12.3. The number of anilines is 1. The van der Waals surface area contributed by atoms with Crippen molar-refractivity contribution in [2.24, 2.45) is 17.6 Å². The van der Waals surface area contributed by atoms with Crippen LogP contribution in [0.1, 0.15) is 45.1 Å². The maximum Gasteiger partial charge on any atom is 0.227 e. The third kappa shape index (κ3) is 4.73. The summed E-state index contributed by atoms with van der Waals surface area (Å²) in [5.74, 6) is 1.59. The van der Waals surface area contributed by atoms with Gasteiger partial charge in [-0.25, -0.2) is 0 Å². The summed E-state index contributed by atoms with van der Waals surface area (Å²) in [6.07, 6.45) is 3.64. The summed E-state index contributed by atoms with van der Waals surface area (Å²) >= 11 is 0. The molecule has 0 aliphatic heterocycles. The zero-order valence-electron chi connectivity index (χ0n) is 13.9. The van der Waals surface area contributed by atoms with Crippen LogP contribution in [0.2, 0.25) is 0 Å². The highest BCUT2D eigenvalue weighted by Crippen LogP contribution is 2.27. The first kappa shape index (κ1) is 16.8. The van der Waals surface area contributed by atoms with Gasteiger partial charge in [0.2, 0.25) is 5.91 Å². The average Bonchev–Trinajstić information content (AvgIpc) is 2.88. The first-order valence-electron chi connectivity index (χ1n) is 8.25. The van der Waals surface area contributed by atoms with Crippen molar-refractivity contribution in [3.05, 3.63) is 23.8 Å². The highest BCUT2D eigenvalue weighted by Gasteiger charge is 2.27. The van der Waals surface area contributed by atoms with E-state index in [4.69, 9.17) is 10.5 Å². The van der Waals surface area contributed by atoms with Crippen LogP contribution < -0.4 is 15.8 Å². The van der Waals surface area contributed by atoms with Crippen LogP contribution in [0.25, 0.3) is 0 Å². The van der Waals surface area contributed by atoms with Gasteiger partial charge in [-0.2, -0.15) is 0 Å². The quantitative estimate of drug-likeness (QED) is 0.845. The molecular formula is C18H28N2O2. The van der Waals surface area contributed by atoms with Crippen LogP contribution in [0.5, 0.6) is 5.75 Å². The van der Waals surface area contributed by atoms with Crippen molar-refractivity contribution in [2.45, 2.75) is 52.5 Å². The second-order valence-corrected chi connectivity index (χ2v) is 6.77. The van der Waals surface area contributed by atoms with E-state index in [1.165, 1.54) is 0 Å². The molecule has 22 heavy (non-hydrogen) atoms. The summed E-state index contributed by atoms with van der Waals surface area (Å²) < 4.78 is 5.84. The number of carbonyl (C=O) groups excluding carboxylic acids is 1. The van der Waals surface area contributed by atoms with E-state index in [0.29, 0.717) is 12.5 Å². The standard InChI is InChI=1S/C18H28N2O2/c1-12(2)8-9-22-17-11-16(7-4-13(17)3)20-18(21)14-5-6-15(19)10-14/h4,7,11-12,14-15H,5-6,8-10,19H2,1-3H3,(H,20,21). The van der Waals surface area contributed by atoms with E-state index in [9.17, 15) is 4.79 Å². The molecule has 1 amide bonds. The number of rotatable bonds is 6. The van der Waals surface area contributed by atoms with Gasteiger partial charge >= 0.3 is 0 Å². The largest absolute Gasteiger partial charge is 0.493 e. The minimum Gasteiger partial charge on any atom is -0.493 e. The van der Waals surface area contributed by atoms with E-state index >= 15 is 0 Å². The first-order valence-corrected chi connectivity index (χ1v) is 8.25. The van der Waals surface area contributed by atoms with Crippen molar-refractivity contribution in [1.29, 1.82) is 0 Å². The zero-order valence-corrected chi connectivity index (χ0v) is 13.9. The SMILES string of the molecule is Cc1ccc(NC(=O)C2CCC(N)C2)cc1OCCC(C)C. The van der Waals surface area contributed by atoms with E-state index in [1.54, 1.807) is 0 Å². The van der Waals surface area contributed by atoms with Crippen molar-refractivity contribution < 1.29 is 9.53 Å². The van der Waals surface area contributed by atoms with Gasteiger partial charge in [-0.15, -0.1) is 0 Å². The van der Waals surface area contributed by atoms with E-state index in [-0.39, 0.29) is 17.9 Å². The van der Waals surface area contributed by atoms with Gasteiger partial charge in [0, 0.05) is 23.7 Å². The second-order valence-electron chi connectivity index (χ2n) is 6.77. The fourth-order valence-electron chi connectivity index (χ4n) is 2.74. The molecule has 1 aliphatic rings. The Hall–Kier alpha value is -1.55. The normalized spacial score (nSPS) is 21.1. The van der Waals surface area contributed by atoms with Gasteiger partial charge in [0.15, 0.2) is 0 Å². The third-order valence-electron chi connectivity index (χ3n) is 4.25. The van der Waals surface area contributed by atoms with Crippen LogP contribution >= 0.6 is 0 Å². The molecule has 0 radical (unpaired) electrons. The summed E-state index contributed by atoms with van der Waals surface area (Å²) in [5, 5.41) is 3.00. The molecule has 2 rings (SSSR count). The molecule has 122 valence electrons. The molecule has 0 spiro atoms. The summed E-state index contributed by atoms with van der Waals surface area (Å²) in [7, 11) is 0. The minimum atomic E-state index is 0.0432. The number of aryl methyl sites for hydroxylation is 1. The summed E-state index contributed by atoms with van der Waals surface area (Å²) in [4.78, 5) is 12.3. The predicted octanol–water partition coefficient (Wildman–Crippen LogP) is 3.49. The molecule has 0 bridgehead atoms. The molecule has 0 saturated heterocycles. The third-order valence-corrected chi connectivity index (χ3v) is 4.25. The number of nitrogens with one attached hydrogen (secondary N) is 1. The number of nitrogens with two attached hydrogens (primary N) is 1. The molecule has 4 nitrogen and oxygen atoms in total. The zero-order chi connectivity index (χ0) is 16.1. The van der Waals surface area contributed by atoms with Gasteiger partial charge in [0.05, 0.1) is 6.61 Å². The summed E-state index contributed by atoms with van der Waals surface area (Å²) in [5.41, 5.74) is 7.77. The summed E-state index contributed by atoms with van der Waals surface area (Å²) in [6, 6.07) is 6.00. The number of benzene rings is 1. The highest BCUT2D eigenvalue weighted by atomic mass is 16.5. The van der Waals surface area contributed by atoms with E-state index in [0.717, 1.165) is 42.7 Å². The lowest BCUT2D eigenvalue weighted by atomic mass is 10.1. The fraction of sp³-hybridized carbons (Fsp3) is 0.611. The number of hydrogen-bond acceptors (Lipinski definition) is 3. The lowest BCUT2D eigenvalue weighted by molar-refractivity contribution is -0.119. The van der Waals surface area contributed by atoms with E-state index in [1.807, 2.05) is 25.1 Å². The van der Waals surface area contributed by atoms with E-state index in [2.05, 4.69) is 19.2 Å². The predicted molar refractivity (Wildman–Crippen MR) is 90.1 cm³/mol. The highest BCUT2D eigenvalue weighted by molar-refractivity contribution is 5.93. The van der Waals surface area contributed by atoms with Crippen LogP contribution in [0, 0.1) is 18.8 Å². The average molecular weight is 304 g/mol. The van der Waals surface area contributed by atoms with Crippen molar-refractivity contribution in [2.75, 3.05) is 11.9 Å². The van der Waals surface area contributed by atoms with E-state index < -0.39 is 0 Å². The van der Waals surface area contributed by atoms with Crippen molar-refractivity contribution >= 4 is 11.6 Å². The Labute approximate surface area is 133 Å². The van der Waals surface area contributed by atoms with Crippen LogP contribution in [0.4, 0.5) is 5.69 Å². The molecule has 2 atom stereocenters. The van der Waals surface area contributed by atoms with Gasteiger partial charge in [-0.3, -0.25) is 4.79 Å². The minimum absolute atomic E-state index is 0.0432. The van der Waals surface area contributed by atoms with Gasteiger partial charge in [-0.05, 0) is 50.2 Å². The molecule has 1 aromatic rings. The van der Waals surface area contributed by atoms with Crippen LogP contribution in [0.15, 0.2) is 18.2 Å². The van der Waals surface area contributed by atoms with Gasteiger partial charge in [-0.1, -0.05) is 19.9 Å². The fourth-order valence-corrected chi connectivity index (χ4v) is 2.74. The molecule has 1 fully saturated rings. The Morgan fingerprint density at radius 1 is 1.41 bits per heavy atom. The smallest absolute Gasteiger partial charge is 0.227 e. The number of ether oxygens (including phenoxy) is 1. The van der Waals surface area contributed by atoms with Crippen molar-refractivity contribution in [1.82, 2.24) is 0 Å². The van der Waals surface area contributed by atoms with Crippen molar-refractivity contribution in [3.8, 4) is 5.75 Å². The monoisotopic (exact) mass is 304 g/mol. The number of hydrogen-bond donors (Lipinski definition) is 2. The Kier molecular flexibility index (Phi) is 5.83. The van der Waals surface area contributed by atoms with Crippen LogP contribution in [0.3, 0.4) is 0 Å². The summed E-state index contributed by atoms with van der Waals surface area (Å²) in [6.45, 7) is 7.08. The molecule has 1 aliphatic carbocycles. The first-order chi connectivity index (χ1) is 10.5. The molecule has 4 heteroatoms. The Bertz CT molecular complexity index is 514. The topological polar surface area (TPSA) is 64.4 Å². The molecule has 1 saturated carbocycles. The maximum atomic E-state index is 12.3. The molecular weight excluding hydrogens is 276 g/mol. The van der Waals surface area contributed by atoms with Gasteiger partial charge in [0.25, 0.3) is 0 Å². The lowest BCUT2D eigenvalue weighted by Gasteiger charge is -2.14. The van der Waals surface area contributed by atoms with Crippen LogP contribution in [-0.2, 0) is 4.79 Å². The Morgan fingerprint density at radius 3 is 2.82 bits per heavy atom. The molecule has 2 unspecified atom stereocenters. The molecule has 1 aromatic carbocycles. The number of carbonyl (C=O) groups is 1. The second kappa shape index (κ2) is 7.63. The van der Waals surface area contributed by atoms with Crippen LogP contribution in [-0.4, -0.2) is 18.6 Å². The van der Waals surface area contributed by atoms with Crippen molar-refractivity contribution in [3.63, 3.8) is 0 Å². The number of amides is 1. The Balaban J connectivity index is 1.95. The molecule has 0 aromatic heterocycles. The van der Waals surface area contributed by atoms with Gasteiger partial charge < -0.3 is 15.8 Å². The van der Waals surface area contributed by atoms with Gasteiger partial charge in [0.1, 0.15) is 5.75 Å². The Morgan fingerprint density at radius 2 is 2.18 bits per heavy atom. The molecule has 3 N–H and O–H groups in total. The lowest BCUT2D eigenvalue weighted by Crippen LogP contribution is -2.23. The molecule has 0 heterocycles.